The highest BCUT2D eigenvalue weighted by Crippen LogP contribution is 2.36. The first kappa shape index (κ1) is 16.7. The van der Waals surface area contributed by atoms with Crippen molar-refractivity contribution in [2.45, 2.75) is 19.0 Å². The third-order valence-electron chi connectivity index (χ3n) is 5.23. The molecule has 2 heterocycles. The second-order valence-electron chi connectivity index (χ2n) is 6.74. The van der Waals surface area contributed by atoms with Crippen LogP contribution in [0.25, 0.3) is 5.69 Å². The van der Waals surface area contributed by atoms with Gasteiger partial charge in [-0.1, -0.05) is 18.2 Å². The average Bonchev–Trinajstić information content (AvgIpc) is 3.11. The predicted octanol–water partition coefficient (Wildman–Crippen LogP) is 4.22. The van der Waals surface area contributed by atoms with Crippen LogP contribution in [0.1, 0.15) is 22.9 Å². The maximum absolute atomic E-state index is 5.60. The first-order chi connectivity index (χ1) is 12.7. The summed E-state index contributed by atoms with van der Waals surface area (Å²) in [5, 5.41) is 0. The Balaban J connectivity index is 1.77. The van der Waals surface area contributed by atoms with Gasteiger partial charge in [-0.3, -0.25) is 4.90 Å². The van der Waals surface area contributed by atoms with Crippen LogP contribution in [-0.4, -0.2) is 30.7 Å². The van der Waals surface area contributed by atoms with Crippen molar-refractivity contribution >= 4 is 0 Å². The molecule has 2 aromatic carbocycles. The Morgan fingerprint density at radius 2 is 1.85 bits per heavy atom. The van der Waals surface area contributed by atoms with E-state index in [1.807, 2.05) is 12.1 Å². The standard InChI is InChI=1S/C22H24N2O2/c1-23-15-16-7-4-5-8-19(16)24-12-6-9-20(24)21(23)14-17-13-18(25-2)10-11-22(17)26-3/h4-13,21H,14-15H2,1-3H3. The zero-order valence-corrected chi connectivity index (χ0v) is 15.5. The van der Waals surface area contributed by atoms with Gasteiger partial charge in [0, 0.05) is 24.1 Å². The van der Waals surface area contributed by atoms with Crippen molar-refractivity contribution in [3.05, 3.63) is 77.6 Å². The van der Waals surface area contributed by atoms with Crippen LogP contribution in [-0.2, 0) is 13.0 Å². The van der Waals surface area contributed by atoms with Crippen molar-refractivity contribution in [2.75, 3.05) is 21.3 Å². The maximum Gasteiger partial charge on any atom is 0.122 e. The molecule has 4 nitrogen and oxygen atoms in total. The van der Waals surface area contributed by atoms with E-state index in [9.17, 15) is 0 Å². The molecule has 134 valence electrons. The fourth-order valence-corrected chi connectivity index (χ4v) is 3.88. The van der Waals surface area contributed by atoms with Crippen LogP contribution in [0.2, 0.25) is 0 Å². The molecule has 1 unspecified atom stereocenters. The molecule has 1 aliphatic rings. The van der Waals surface area contributed by atoms with Gasteiger partial charge in [0.1, 0.15) is 11.5 Å². The molecule has 1 aliphatic heterocycles. The quantitative estimate of drug-likeness (QED) is 0.706. The van der Waals surface area contributed by atoms with Gasteiger partial charge in [0.25, 0.3) is 0 Å². The van der Waals surface area contributed by atoms with Crippen molar-refractivity contribution < 1.29 is 9.47 Å². The van der Waals surface area contributed by atoms with Gasteiger partial charge >= 0.3 is 0 Å². The summed E-state index contributed by atoms with van der Waals surface area (Å²) in [5.41, 5.74) is 5.05. The fourth-order valence-electron chi connectivity index (χ4n) is 3.88. The molecule has 0 spiro atoms. The molecule has 1 atom stereocenters. The van der Waals surface area contributed by atoms with Gasteiger partial charge in [0.2, 0.25) is 0 Å². The number of fused-ring (bicyclic) bond motifs is 3. The van der Waals surface area contributed by atoms with Gasteiger partial charge < -0.3 is 14.0 Å². The number of likely N-dealkylation sites (N-methyl/N-ethyl adjacent to an activating group) is 1. The number of aromatic nitrogens is 1. The zero-order valence-electron chi connectivity index (χ0n) is 15.5. The van der Waals surface area contributed by atoms with E-state index in [-0.39, 0.29) is 6.04 Å². The van der Waals surface area contributed by atoms with E-state index in [2.05, 4.69) is 65.2 Å². The molecule has 0 fully saturated rings. The van der Waals surface area contributed by atoms with Crippen LogP contribution in [0.5, 0.6) is 11.5 Å². The second kappa shape index (κ2) is 6.89. The number of rotatable bonds is 4. The van der Waals surface area contributed by atoms with Gasteiger partial charge in [-0.2, -0.15) is 0 Å². The molecule has 3 aromatic rings. The summed E-state index contributed by atoms with van der Waals surface area (Å²) in [4.78, 5) is 2.41. The van der Waals surface area contributed by atoms with Crippen molar-refractivity contribution in [3.8, 4) is 17.2 Å². The van der Waals surface area contributed by atoms with E-state index < -0.39 is 0 Å². The van der Waals surface area contributed by atoms with E-state index in [0.29, 0.717) is 0 Å². The summed E-state index contributed by atoms with van der Waals surface area (Å²) in [7, 11) is 5.61. The zero-order chi connectivity index (χ0) is 18.1. The molecule has 1 aromatic heterocycles. The van der Waals surface area contributed by atoms with E-state index in [4.69, 9.17) is 9.47 Å². The predicted molar refractivity (Wildman–Crippen MR) is 103 cm³/mol. The normalized spacial score (nSPS) is 16.5. The molecule has 0 amide bonds. The largest absolute Gasteiger partial charge is 0.497 e. The molecule has 0 N–H and O–H groups in total. The SMILES string of the molecule is COc1ccc(OC)c(CC2c3cccn3-c3ccccc3CN2C)c1. The summed E-state index contributed by atoms with van der Waals surface area (Å²) in [6.07, 6.45) is 3.01. The molecule has 0 bridgehead atoms. The van der Waals surface area contributed by atoms with Crippen LogP contribution >= 0.6 is 0 Å². The van der Waals surface area contributed by atoms with Gasteiger partial charge in [-0.15, -0.1) is 0 Å². The summed E-state index contributed by atoms with van der Waals surface area (Å²) in [6.45, 7) is 0.912. The van der Waals surface area contributed by atoms with E-state index in [1.165, 1.54) is 16.9 Å². The van der Waals surface area contributed by atoms with Gasteiger partial charge in [0.15, 0.2) is 0 Å². The minimum atomic E-state index is 0.249. The van der Waals surface area contributed by atoms with Crippen LogP contribution in [0.3, 0.4) is 0 Å². The smallest absolute Gasteiger partial charge is 0.122 e. The number of nitrogens with zero attached hydrogens (tertiary/aromatic N) is 2. The first-order valence-electron chi connectivity index (χ1n) is 8.88. The molecule has 0 aliphatic carbocycles. The first-order valence-corrected chi connectivity index (χ1v) is 8.88. The molecular weight excluding hydrogens is 324 g/mol. The number of ether oxygens (including phenoxy) is 2. The lowest BCUT2D eigenvalue weighted by atomic mass is 10.0. The Hall–Kier alpha value is -2.72. The van der Waals surface area contributed by atoms with Crippen molar-refractivity contribution in [2.24, 2.45) is 0 Å². The van der Waals surface area contributed by atoms with Crippen LogP contribution in [0, 0.1) is 0 Å². The minimum Gasteiger partial charge on any atom is -0.497 e. The lowest BCUT2D eigenvalue weighted by molar-refractivity contribution is 0.232. The van der Waals surface area contributed by atoms with Crippen molar-refractivity contribution in [1.82, 2.24) is 9.47 Å². The van der Waals surface area contributed by atoms with Crippen molar-refractivity contribution in [1.29, 1.82) is 0 Å². The number of hydrogen-bond acceptors (Lipinski definition) is 3. The number of benzene rings is 2. The Bertz CT molecular complexity index is 916. The summed E-state index contributed by atoms with van der Waals surface area (Å²) in [6, 6.07) is 19.2. The Labute approximate surface area is 154 Å². The number of para-hydroxylation sites is 1. The molecule has 0 saturated heterocycles. The van der Waals surface area contributed by atoms with E-state index in [1.54, 1.807) is 14.2 Å². The highest BCUT2D eigenvalue weighted by Gasteiger charge is 2.27. The fraction of sp³-hybridized carbons (Fsp3) is 0.273. The third-order valence-corrected chi connectivity index (χ3v) is 5.23. The van der Waals surface area contributed by atoms with Crippen molar-refractivity contribution in [3.63, 3.8) is 0 Å². The number of methoxy groups -OCH3 is 2. The molecule has 0 radical (unpaired) electrons. The summed E-state index contributed by atoms with van der Waals surface area (Å²) < 4.78 is 13.3. The van der Waals surface area contributed by atoms with Gasteiger partial charge in [-0.25, -0.2) is 0 Å². The average molecular weight is 348 g/mol. The molecule has 4 heteroatoms. The second-order valence-corrected chi connectivity index (χ2v) is 6.74. The molecule has 0 saturated carbocycles. The molecular formula is C22H24N2O2. The monoisotopic (exact) mass is 348 g/mol. The van der Waals surface area contributed by atoms with E-state index in [0.717, 1.165) is 30.0 Å². The number of hydrogen-bond donors (Lipinski definition) is 0. The lowest BCUT2D eigenvalue weighted by Gasteiger charge is -2.27. The Morgan fingerprint density at radius 3 is 2.65 bits per heavy atom. The highest BCUT2D eigenvalue weighted by atomic mass is 16.5. The maximum atomic E-state index is 5.60. The topological polar surface area (TPSA) is 26.6 Å². The molecule has 26 heavy (non-hydrogen) atoms. The third kappa shape index (κ3) is 2.86. The van der Waals surface area contributed by atoms with Crippen LogP contribution in [0.15, 0.2) is 60.8 Å². The highest BCUT2D eigenvalue weighted by molar-refractivity contribution is 5.46. The lowest BCUT2D eigenvalue weighted by Crippen LogP contribution is -2.25. The Morgan fingerprint density at radius 1 is 1.00 bits per heavy atom. The van der Waals surface area contributed by atoms with Gasteiger partial charge in [-0.05, 0) is 61.0 Å². The van der Waals surface area contributed by atoms with Gasteiger partial charge in [0.05, 0.1) is 20.3 Å². The van der Waals surface area contributed by atoms with Crippen LogP contribution < -0.4 is 9.47 Å². The summed E-state index contributed by atoms with van der Waals surface area (Å²) in [5.74, 6) is 1.76. The Kier molecular flexibility index (Phi) is 4.43. The van der Waals surface area contributed by atoms with E-state index >= 15 is 0 Å². The molecule has 4 rings (SSSR count). The summed E-state index contributed by atoms with van der Waals surface area (Å²) >= 11 is 0. The van der Waals surface area contributed by atoms with Crippen LogP contribution in [0.4, 0.5) is 0 Å². The minimum absolute atomic E-state index is 0.249.